The minimum atomic E-state index is -0.521. The van der Waals surface area contributed by atoms with Crippen LogP contribution in [0.3, 0.4) is 0 Å². The van der Waals surface area contributed by atoms with Crippen molar-refractivity contribution >= 4 is 11.6 Å². The van der Waals surface area contributed by atoms with Crippen molar-refractivity contribution < 1.29 is 13.6 Å². The summed E-state index contributed by atoms with van der Waals surface area (Å²) in [7, 11) is 0. The number of anilines is 1. The van der Waals surface area contributed by atoms with Gasteiger partial charge in [-0.05, 0) is 48.7 Å². The normalized spacial score (nSPS) is 13.6. The molecular weight excluding hydrogens is 362 g/mol. The number of carbonyl (C=O) groups is 1. The third kappa shape index (κ3) is 3.93. The Morgan fingerprint density at radius 2 is 1.86 bits per heavy atom. The zero-order valence-electron chi connectivity index (χ0n) is 15.3. The molecule has 0 atom stereocenters. The van der Waals surface area contributed by atoms with Crippen LogP contribution in [0.1, 0.15) is 30.7 Å². The van der Waals surface area contributed by atoms with Crippen LogP contribution in [0, 0.1) is 11.6 Å². The number of benzene rings is 2. The van der Waals surface area contributed by atoms with Gasteiger partial charge in [-0.1, -0.05) is 18.6 Å². The zero-order chi connectivity index (χ0) is 19.5. The van der Waals surface area contributed by atoms with Crippen LogP contribution in [0.25, 0.3) is 11.4 Å². The molecule has 0 saturated carbocycles. The molecule has 1 N–H and O–H groups in total. The van der Waals surface area contributed by atoms with Crippen LogP contribution >= 0.6 is 0 Å². The smallest absolute Gasteiger partial charge is 0.228 e. The van der Waals surface area contributed by atoms with Gasteiger partial charge in [-0.15, -0.1) is 10.2 Å². The Morgan fingerprint density at radius 1 is 1.04 bits per heavy atom. The first kappa shape index (κ1) is 18.3. The molecule has 0 radical (unpaired) electrons. The summed E-state index contributed by atoms with van der Waals surface area (Å²) in [5, 5.41) is 11.2. The van der Waals surface area contributed by atoms with Crippen LogP contribution in [0.2, 0.25) is 0 Å². The van der Waals surface area contributed by atoms with Crippen LogP contribution in [-0.2, 0) is 24.2 Å². The first-order valence-electron chi connectivity index (χ1n) is 9.36. The van der Waals surface area contributed by atoms with E-state index < -0.39 is 5.82 Å². The molecule has 0 spiro atoms. The number of carbonyl (C=O) groups excluding carboxylic acids is 1. The third-order valence-electron chi connectivity index (χ3n) is 4.89. The lowest BCUT2D eigenvalue weighted by molar-refractivity contribution is -0.115. The molecule has 144 valence electrons. The summed E-state index contributed by atoms with van der Waals surface area (Å²) in [6.07, 6.45) is 4.21. The second-order valence-corrected chi connectivity index (χ2v) is 6.95. The molecule has 0 aliphatic carbocycles. The van der Waals surface area contributed by atoms with Crippen LogP contribution in [0.4, 0.5) is 14.5 Å². The van der Waals surface area contributed by atoms with E-state index in [0.717, 1.165) is 38.1 Å². The maximum absolute atomic E-state index is 14.3. The van der Waals surface area contributed by atoms with E-state index in [9.17, 15) is 13.6 Å². The lowest BCUT2D eigenvalue weighted by Gasteiger charge is -2.10. The van der Waals surface area contributed by atoms with Crippen LogP contribution in [0.5, 0.6) is 0 Å². The van der Waals surface area contributed by atoms with E-state index in [1.807, 2.05) is 0 Å². The molecule has 7 heteroatoms. The van der Waals surface area contributed by atoms with E-state index in [1.165, 1.54) is 30.3 Å². The van der Waals surface area contributed by atoms with Gasteiger partial charge in [0.2, 0.25) is 5.91 Å². The Labute approximate surface area is 161 Å². The average molecular weight is 382 g/mol. The lowest BCUT2D eigenvalue weighted by Crippen LogP contribution is -2.15. The molecule has 3 aromatic rings. The molecule has 0 saturated heterocycles. The number of nitrogens with one attached hydrogen (secondary N) is 1. The van der Waals surface area contributed by atoms with Crippen LogP contribution < -0.4 is 5.32 Å². The quantitative estimate of drug-likeness (QED) is 0.738. The first-order valence-corrected chi connectivity index (χ1v) is 9.36. The predicted octanol–water partition coefficient (Wildman–Crippen LogP) is 4.13. The molecule has 1 aliphatic rings. The molecular formula is C21H20F2N4O. The van der Waals surface area contributed by atoms with E-state index in [4.69, 9.17) is 0 Å². The minimum absolute atomic E-state index is 0.0320. The molecule has 1 aromatic heterocycles. The standard InChI is InChI=1S/C21H20F2N4O/c22-16-8-5-14(6-9-16)12-20(28)24-18-13-15(7-10-17(18)23)21-26-25-19-4-2-1-3-11-27(19)21/h5-10,13H,1-4,11-12H2,(H,24,28). The van der Waals surface area contributed by atoms with Gasteiger partial charge in [0.25, 0.3) is 0 Å². The molecule has 0 fully saturated rings. The summed E-state index contributed by atoms with van der Waals surface area (Å²) in [5.74, 6) is 0.370. The number of halogens is 2. The highest BCUT2D eigenvalue weighted by atomic mass is 19.1. The largest absolute Gasteiger partial charge is 0.323 e. The van der Waals surface area contributed by atoms with Gasteiger partial charge < -0.3 is 9.88 Å². The van der Waals surface area contributed by atoms with Crippen molar-refractivity contribution in [1.29, 1.82) is 0 Å². The van der Waals surface area contributed by atoms with Crippen molar-refractivity contribution in [3.63, 3.8) is 0 Å². The van der Waals surface area contributed by atoms with Gasteiger partial charge in [0.05, 0.1) is 12.1 Å². The fraction of sp³-hybridized carbons (Fsp3) is 0.286. The molecule has 1 amide bonds. The molecule has 0 unspecified atom stereocenters. The van der Waals surface area contributed by atoms with Gasteiger partial charge >= 0.3 is 0 Å². The lowest BCUT2D eigenvalue weighted by atomic mass is 10.1. The van der Waals surface area contributed by atoms with E-state index in [1.54, 1.807) is 12.1 Å². The number of nitrogens with zero attached hydrogens (tertiary/aromatic N) is 3. The highest BCUT2D eigenvalue weighted by Gasteiger charge is 2.17. The Kier molecular flexibility index (Phi) is 5.14. The van der Waals surface area contributed by atoms with E-state index in [0.29, 0.717) is 17.0 Å². The van der Waals surface area contributed by atoms with Gasteiger partial charge in [0, 0.05) is 18.5 Å². The molecule has 0 bridgehead atoms. The number of rotatable bonds is 4. The van der Waals surface area contributed by atoms with E-state index in [-0.39, 0.29) is 23.8 Å². The molecule has 28 heavy (non-hydrogen) atoms. The SMILES string of the molecule is O=C(Cc1ccc(F)cc1)Nc1cc(-c2nnc3n2CCCCC3)ccc1F. The zero-order valence-corrected chi connectivity index (χ0v) is 15.3. The fourth-order valence-corrected chi connectivity index (χ4v) is 3.44. The van der Waals surface area contributed by atoms with Crippen molar-refractivity contribution in [2.75, 3.05) is 5.32 Å². The van der Waals surface area contributed by atoms with Gasteiger partial charge in [-0.3, -0.25) is 4.79 Å². The number of aromatic nitrogens is 3. The second-order valence-electron chi connectivity index (χ2n) is 6.95. The molecule has 4 rings (SSSR count). The maximum atomic E-state index is 14.3. The average Bonchev–Trinajstić information content (AvgIpc) is 2.93. The van der Waals surface area contributed by atoms with E-state index in [2.05, 4.69) is 20.1 Å². The highest BCUT2D eigenvalue weighted by molar-refractivity contribution is 5.93. The monoisotopic (exact) mass is 382 g/mol. The van der Waals surface area contributed by atoms with Crippen LogP contribution in [-0.4, -0.2) is 20.7 Å². The third-order valence-corrected chi connectivity index (χ3v) is 4.89. The Morgan fingerprint density at radius 3 is 2.68 bits per heavy atom. The minimum Gasteiger partial charge on any atom is -0.323 e. The fourth-order valence-electron chi connectivity index (χ4n) is 3.44. The van der Waals surface area contributed by atoms with Gasteiger partial charge in [-0.2, -0.15) is 0 Å². The number of hydrogen-bond donors (Lipinski definition) is 1. The summed E-state index contributed by atoms with van der Waals surface area (Å²) < 4.78 is 29.3. The van der Waals surface area contributed by atoms with Crippen molar-refractivity contribution in [3.8, 4) is 11.4 Å². The molecule has 5 nitrogen and oxygen atoms in total. The van der Waals surface area contributed by atoms with Crippen molar-refractivity contribution in [2.24, 2.45) is 0 Å². The van der Waals surface area contributed by atoms with Gasteiger partial charge in [-0.25, -0.2) is 8.78 Å². The van der Waals surface area contributed by atoms with Crippen molar-refractivity contribution in [3.05, 3.63) is 65.5 Å². The Hall–Kier alpha value is -3.09. The maximum Gasteiger partial charge on any atom is 0.228 e. The van der Waals surface area contributed by atoms with Crippen molar-refractivity contribution in [2.45, 2.75) is 38.6 Å². The summed E-state index contributed by atoms with van der Waals surface area (Å²) in [6.45, 7) is 0.835. The van der Waals surface area contributed by atoms with Gasteiger partial charge in [0.1, 0.15) is 17.5 Å². The number of hydrogen-bond acceptors (Lipinski definition) is 3. The second kappa shape index (κ2) is 7.88. The number of aryl methyl sites for hydroxylation is 1. The van der Waals surface area contributed by atoms with Gasteiger partial charge in [0.15, 0.2) is 5.82 Å². The Bertz CT molecular complexity index is 998. The van der Waals surface area contributed by atoms with Crippen molar-refractivity contribution in [1.82, 2.24) is 14.8 Å². The molecule has 1 aliphatic heterocycles. The summed E-state index contributed by atoms with van der Waals surface area (Å²) >= 11 is 0. The van der Waals surface area contributed by atoms with E-state index >= 15 is 0 Å². The molecule has 2 heterocycles. The number of amides is 1. The summed E-state index contributed by atoms with van der Waals surface area (Å²) in [4.78, 5) is 12.3. The molecule has 2 aromatic carbocycles. The summed E-state index contributed by atoms with van der Waals surface area (Å²) in [6, 6.07) is 10.2. The first-order chi connectivity index (χ1) is 13.6. The predicted molar refractivity (Wildman–Crippen MR) is 102 cm³/mol. The number of fused-ring (bicyclic) bond motifs is 1. The Balaban J connectivity index is 1.55. The highest BCUT2D eigenvalue weighted by Crippen LogP contribution is 2.26. The topological polar surface area (TPSA) is 59.8 Å². The summed E-state index contributed by atoms with van der Waals surface area (Å²) in [5.41, 5.74) is 1.45. The van der Waals surface area contributed by atoms with Crippen LogP contribution in [0.15, 0.2) is 42.5 Å².